The van der Waals surface area contributed by atoms with Gasteiger partial charge >= 0.3 is 0 Å². The van der Waals surface area contributed by atoms with E-state index in [1.165, 1.54) is 12.1 Å². The monoisotopic (exact) mass is 178 g/mol. The molecular weight excluding hydrogens is 170 g/mol. The number of fused-ring (bicyclic) bond motifs is 1. The molecule has 4 heteroatoms. The number of hydrogen-bond donors (Lipinski definition) is 1. The first-order valence-corrected chi connectivity index (χ1v) is 4.09. The van der Waals surface area contributed by atoms with Gasteiger partial charge in [0.15, 0.2) is 0 Å². The number of hydrogen-bond acceptors (Lipinski definition) is 2. The maximum Gasteiger partial charge on any atom is 0.123 e. The van der Waals surface area contributed by atoms with Crippen LogP contribution >= 0.6 is 0 Å². The summed E-state index contributed by atoms with van der Waals surface area (Å²) in [4.78, 5) is 0. The average Bonchev–Trinajstić information content (AvgIpc) is 2.12. The molecule has 1 aliphatic rings. The minimum atomic E-state index is -0.591. The Morgan fingerprint density at radius 3 is 3.08 bits per heavy atom. The lowest BCUT2D eigenvalue weighted by atomic mass is 9.89. The average molecular weight is 178 g/mol. The van der Waals surface area contributed by atoms with E-state index in [-0.39, 0.29) is 5.46 Å². The number of rotatable bonds is 0. The molecule has 0 aliphatic carbocycles. The lowest BCUT2D eigenvalue weighted by Gasteiger charge is -2.23. The molecule has 0 amide bonds. The van der Waals surface area contributed by atoms with Crippen molar-refractivity contribution in [1.82, 2.24) is 0 Å². The zero-order valence-electron chi connectivity index (χ0n) is 6.96. The second-order valence-corrected chi connectivity index (χ2v) is 3.03. The van der Waals surface area contributed by atoms with Crippen molar-refractivity contribution in [3.05, 3.63) is 23.5 Å². The molecule has 0 fully saturated rings. The zero-order chi connectivity index (χ0) is 9.42. The van der Waals surface area contributed by atoms with Gasteiger partial charge in [0, 0.05) is 12.0 Å². The summed E-state index contributed by atoms with van der Waals surface area (Å²) in [5.41, 5.74) is 0.557. The third kappa shape index (κ3) is 1.31. The van der Waals surface area contributed by atoms with Gasteiger partial charge in [-0.25, -0.2) is 4.39 Å². The van der Waals surface area contributed by atoms with Gasteiger partial charge in [-0.1, -0.05) is 0 Å². The summed E-state index contributed by atoms with van der Waals surface area (Å²) >= 11 is 0. The van der Waals surface area contributed by atoms with Crippen molar-refractivity contribution in [2.45, 2.75) is 12.5 Å². The van der Waals surface area contributed by atoms with Gasteiger partial charge in [-0.15, -0.1) is 0 Å². The van der Waals surface area contributed by atoms with E-state index in [9.17, 15) is 9.50 Å². The minimum Gasteiger partial charge on any atom is -0.494 e. The molecule has 2 radical (unpaired) electrons. The highest BCUT2D eigenvalue weighted by Crippen LogP contribution is 2.30. The molecule has 13 heavy (non-hydrogen) atoms. The van der Waals surface area contributed by atoms with Gasteiger partial charge in [-0.3, -0.25) is 0 Å². The molecule has 66 valence electrons. The summed E-state index contributed by atoms with van der Waals surface area (Å²) < 4.78 is 18.1. The van der Waals surface area contributed by atoms with E-state index in [2.05, 4.69) is 0 Å². The first-order valence-electron chi connectivity index (χ1n) is 4.09. The van der Waals surface area contributed by atoms with Gasteiger partial charge in [0.25, 0.3) is 0 Å². The van der Waals surface area contributed by atoms with E-state index in [0.717, 1.165) is 0 Å². The lowest BCUT2D eigenvalue weighted by Crippen LogP contribution is -2.22. The van der Waals surface area contributed by atoms with E-state index >= 15 is 0 Å². The van der Waals surface area contributed by atoms with E-state index in [1.54, 1.807) is 0 Å². The Morgan fingerprint density at radius 1 is 1.54 bits per heavy atom. The zero-order valence-corrected chi connectivity index (χ0v) is 6.96. The molecule has 0 aromatic heterocycles. The van der Waals surface area contributed by atoms with E-state index < -0.39 is 11.9 Å². The fourth-order valence-corrected chi connectivity index (χ4v) is 1.44. The summed E-state index contributed by atoms with van der Waals surface area (Å²) in [5.74, 6) is -0.216. The molecule has 1 atom stereocenters. The third-order valence-electron chi connectivity index (χ3n) is 2.17. The molecule has 2 rings (SSSR count). The number of aliphatic hydroxyl groups is 1. The minimum absolute atomic E-state index is 0.0174. The van der Waals surface area contributed by atoms with Crippen molar-refractivity contribution in [2.24, 2.45) is 0 Å². The van der Waals surface area contributed by atoms with Crippen molar-refractivity contribution >= 4 is 13.3 Å². The van der Waals surface area contributed by atoms with Crippen LogP contribution in [0.25, 0.3) is 0 Å². The topological polar surface area (TPSA) is 29.5 Å². The molecule has 0 bridgehead atoms. The molecule has 1 aromatic rings. The van der Waals surface area contributed by atoms with Gasteiger partial charge in [-0.05, 0) is 17.6 Å². The number of benzene rings is 1. The number of aliphatic hydroxyl groups excluding tert-OH is 1. The van der Waals surface area contributed by atoms with Crippen molar-refractivity contribution < 1.29 is 14.2 Å². The van der Waals surface area contributed by atoms with E-state index in [1.807, 2.05) is 0 Å². The Bertz CT molecular complexity index is 341. The Labute approximate surface area is 76.7 Å². The molecule has 1 heterocycles. The Hall–Kier alpha value is -1.03. The summed E-state index contributed by atoms with van der Waals surface area (Å²) in [6.45, 7) is 0.377. The van der Waals surface area contributed by atoms with E-state index in [0.29, 0.717) is 24.3 Å². The van der Waals surface area contributed by atoms with Gasteiger partial charge in [0.05, 0.1) is 12.7 Å². The van der Waals surface area contributed by atoms with Crippen molar-refractivity contribution in [1.29, 1.82) is 0 Å². The van der Waals surface area contributed by atoms with Crippen LogP contribution in [0.1, 0.15) is 18.1 Å². The summed E-state index contributed by atoms with van der Waals surface area (Å²) in [7, 11) is 5.45. The predicted molar refractivity (Wildman–Crippen MR) is 46.9 cm³/mol. The molecule has 0 saturated heterocycles. The summed E-state index contributed by atoms with van der Waals surface area (Å²) in [6.07, 6.45) is -0.0652. The smallest absolute Gasteiger partial charge is 0.123 e. The van der Waals surface area contributed by atoms with Crippen LogP contribution in [0.2, 0.25) is 0 Å². The maximum atomic E-state index is 12.9. The van der Waals surface area contributed by atoms with Gasteiger partial charge < -0.3 is 9.84 Å². The van der Waals surface area contributed by atoms with Crippen LogP contribution in [0, 0.1) is 5.82 Å². The summed E-state index contributed by atoms with van der Waals surface area (Å²) in [5, 5.41) is 9.52. The van der Waals surface area contributed by atoms with Crippen molar-refractivity contribution in [3.63, 3.8) is 0 Å². The Balaban J connectivity index is 2.56. The van der Waals surface area contributed by atoms with Crippen molar-refractivity contribution in [2.75, 3.05) is 6.61 Å². The summed E-state index contributed by atoms with van der Waals surface area (Å²) in [6, 6.07) is 2.75. The van der Waals surface area contributed by atoms with Crippen LogP contribution in [-0.4, -0.2) is 19.6 Å². The lowest BCUT2D eigenvalue weighted by molar-refractivity contribution is 0.116. The molecule has 1 unspecified atom stereocenters. The maximum absolute atomic E-state index is 12.9. The van der Waals surface area contributed by atoms with Gasteiger partial charge in [0.2, 0.25) is 0 Å². The standard InChI is InChI=1S/C9H8BFO2/c10-8-6(11)2-1-5-7(12)3-4-13-9(5)8/h1-2,7,12H,3-4H2. The molecule has 1 N–H and O–H groups in total. The van der Waals surface area contributed by atoms with Crippen LogP contribution in [0.4, 0.5) is 4.39 Å². The van der Waals surface area contributed by atoms with Gasteiger partial charge in [0.1, 0.15) is 19.4 Å². The van der Waals surface area contributed by atoms with Crippen LogP contribution in [0.5, 0.6) is 5.75 Å². The molecule has 1 aromatic carbocycles. The first kappa shape index (κ1) is 8.57. The Kier molecular flexibility index (Phi) is 2.00. The molecule has 2 nitrogen and oxygen atoms in total. The van der Waals surface area contributed by atoms with E-state index in [4.69, 9.17) is 12.6 Å². The largest absolute Gasteiger partial charge is 0.494 e. The predicted octanol–water partition coefficient (Wildman–Crippen LogP) is 0.435. The fourth-order valence-electron chi connectivity index (χ4n) is 1.44. The van der Waals surface area contributed by atoms with Crippen LogP contribution in [-0.2, 0) is 0 Å². The molecule has 1 aliphatic heterocycles. The first-order chi connectivity index (χ1) is 6.20. The molecule has 0 saturated carbocycles. The highest BCUT2D eigenvalue weighted by atomic mass is 19.1. The van der Waals surface area contributed by atoms with Crippen LogP contribution in [0.3, 0.4) is 0 Å². The number of halogens is 1. The fraction of sp³-hybridized carbons (Fsp3) is 0.333. The second kappa shape index (κ2) is 3.03. The van der Waals surface area contributed by atoms with Gasteiger partial charge in [-0.2, -0.15) is 0 Å². The van der Waals surface area contributed by atoms with Crippen molar-refractivity contribution in [3.8, 4) is 5.75 Å². The Morgan fingerprint density at radius 2 is 2.31 bits per heavy atom. The molecular formula is C9H8BFO2. The van der Waals surface area contributed by atoms with Crippen LogP contribution < -0.4 is 10.2 Å². The highest BCUT2D eigenvalue weighted by Gasteiger charge is 2.21. The quantitative estimate of drug-likeness (QED) is 0.584. The number of ether oxygens (including phenoxy) is 1. The SMILES string of the molecule is [B]c1c(F)ccc2c1OCCC2O. The highest BCUT2D eigenvalue weighted by molar-refractivity contribution is 6.34. The normalized spacial score (nSPS) is 20.6. The van der Waals surface area contributed by atoms with Crippen LogP contribution in [0.15, 0.2) is 12.1 Å². The third-order valence-corrected chi connectivity index (χ3v) is 2.17. The molecule has 0 spiro atoms. The second-order valence-electron chi connectivity index (χ2n) is 3.03.